The zero-order valence-corrected chi connectivity index (χ0v) is 16.8. The van der Waals surface area contributed by atoms with Gasteiger partial charge in [0.1, 0.15) is 4.90 Å². The molecule has 1 atom stereocenters. The number of nitrogens with one attached hydrogen (secondary N) is 1. The highest BCUT2D eigenvalue weighted by Crippen LogP contribution is 2.32. The molecule has 2 amide bonds. The molecule has 144 valence electrons. The largest absolute Gasteiger partial charge is 0.334 e. The number of sulfonamides is 1. The van der Waals surface area contributed by atoms with E-state index >= 15 is 0 Å². The number of carbonyl (C=O) groups is 1. The molecule has 26 heavy (non-hydrogen) atoms. The van der Waals surface area contributed by atoms with E-state index in [1.54, 1.807) is 6.07 Å². The molecule has 2 heterocycles. The van der Waals surface area contributed by atoms with Crippen LogP contribution in [0.5, 0.6) is 0 Å². The number of rotatable bonds is 3. The number of benzene rings is 1. The SMILES string of the molecule is O=C(N[C@H]1CCCN(S(=O)(=O)c2c(Cl)cccc2Cl)C1)N1CCCCC1. The van der Waals surface area contributed by atoms with Crippen molar-refractivity contribution < 1.29 is 13.2 Å². The molecule has 0 unspecified atom stereocenters. The van der Waals surface area contributed by atoms with Crippen molar-refractivity contribution in [2.24, 2.45) is 0 Å². The fraction of sp³-hybridized carbons (Fsp3) is 0.588. The Hall–Kier alpha value is -1.02. The molecule has 0 aromatic heterocycles. The minimum atomic E-state index is -3.81. The number of piperidine rings is 2. The number of halogens is 2. The fourth-order valence-corrected chi connectivity index (χ4v) is 6.11. The average Bonchev–Trinajstić information content (AvgIpc) is 2.62. The number of likely N-dealkylation sites (tertiary alicyclic amines) is 1. The van der Waals surface area contributed by atoms with Crippen LogP contribution in [0.25, 0.3) is 0 Å². The van der Waals surface area contributed by atoms with E-state index in [1.165, 1.54) is 16.4 Å². The van der Waals surface area contributed by atoms with E-state index in [2.05, 4.69) is 5.32 Å². The Morgan fingerprint density at radius 3 is 2.35 bits per heavy atom. The summed E-state index contributed by atoms with van der Waals surface area (Å²) in [6.07, 6.45) is 4.61. The van der Waals surface area contributed by atoms with Gasteiger partial charge in [-0.05, 0) is 44.2 Å². The third-order valence-corrected chi connectivity index (χ3v) is 7.69. The Morgan fingerprint density at radius 1 is 1.04 bits per heavy atom. The lowest BCUT2D eigenvalue weighted by atomic mass is 10.1. The molecular weight excluding hydrogens is 397 g/mol. The molecule has 0 spiro atoms. The van der Waals surface area contributed by atoms with E-state index in [1.807, 2.05) is 4.90 Å². The topological polar surface area (TPSA) is 69.7 Å². The van der Waals surface area contributed by atoms with Gasteiger partial charge < -0.3 is 10.2 Å². The fourth-order valence-electron chi connectivity index (χ4n) is 3.50. The second-order valence-corrected chi connectivity index (χ2v) is 9.44. The van der Waals surface area contributed by atoms with Crippen molar-refractivity contribution in [2.75, 3.05) is 26.2 Å². The minimum Gasteiger partial charge on any atom is -0.334 e. The molecule has 0 bridgehead atoms. The van der Waals surface area contributed by atoms with Gasteiger partial charge in [0.15, 0.2) is 0 Å². The first kappa shape index (κ1) is 19.7. The summed E-state index contributed by atoms with van der Waals surface area (Å²) >= 11 is 12.2. The predicted molar refractivity (Wildman–Crippen MR) is 102 cm³/mol. The monoisotopic (exact) mass is 419 g/mol. The maximum Gasteiger partial charge on any atom is 0.317 e. The predicted octanol–water partition coefficient (Wildman–Crippen LogP) is 3.34. The summed E-state index contributed by atoms with van der Waals surface area (Å²) in [7, 11) is -3.81. The number of urea groups is 1. The van der Waals surface area contributed by atoms with Crippen LogP contribution < -0.4 is 5.32 Å². The standard InChI is InChI=1S/C17H23Cl2N3O3S/c18-14-7-4-8-15(19)16(14)26(24,25)22-11-5-6-13(12-22)20-17(23)21-9-2-1-3-10-21/h4,7-8,13H,1-3,5-6,9-12H2,(H,20,23)/t13-/m0/s1. The van der Waals surface area contributed by atoms with E-state index in [9.17, 15) is 13.2 Å². The molecule has 1 aromatic rings. The minimum absolute atomic E-state index is 0.0636. The number of carbonyl (C=O) groups excluding carboxylic acids is 1. The first-order chi connectivity index (χ1) is 12.4. The van der Waals surface area contributed by atoms with Crippen LogP contribution >= 0.6 is 23.2 Å². The molecule has 0 saturated carbocycles. The third-order valence-electron chi connectivity index (χ3n) is 4.87. The lowest BCUT2D eigenvalue weighted by molar-refractivity contribution is 0.176. The van der Waals surface area contributed by atoms with Gasteiger partial charge in [-0.2, -0.15) is 4.31 Å². The zero-order valence-electron chi connectivity index (χ0n) is 14.5. The van der Waals surface area contributed by atoms with Crippen molar-refractivity contribution >= 4 is 39.3 Å². The van der Waals surface area contributed by atoms with E-state index in [0.29, 0.717) is 13.0 Å². The molecule has 9 heteroatoms. The Kier molecular flexibility index (Phi) is 6.33. The second kappa shape index (κ2) is 8.33. The quantitative estimate of drug-likeness (QED) is 0.816. The molecule has 2 aliphatic heterocycles. The molecule has 2 aliphatic rings. The van der Waals surface area contributed by atoms with Crippen LogP contribution in [0.2, 0.25) is 10.0 Å². The van der Waals surface area contributed by atoms with Crippen molar-refractivity contribution in [2.45, 2.75) is 43.0 Å². The first-order valence-electron chi connectivity index (χ1n) is 8.89. The highest BCUT2D eigenvalue weighted by Gasteiger charge is 2.34. The summed E-state index contributed by atoms with van der Waals surface area (Å²) in [6.45, 7) is 2.13. The van der Waals surface area contributed by atoms with Crippen LogP contribution in [-0.2, 0) is 10.0 Å². The normalized spacial score (nSPS) is 22.2. The molecule has 0 aliphatic carbocycles. The summed E-state index contributed by atoms with van der Waals surface area (Å²) in [4.78, 5) is 14.1. The summed E-state index contributed by atoms with van der Waals surface area (Å²) in [5, 5.41) is 3.20. The van der Waals surface area contributed by atoms with Crippen molar-refractivity contribution in [3.63, 3.8) is 0 Å². The van der Waals surface area contributed by atoms with Gasteiger partial charge in [0.05, 0.1) is 10.0 Å². The van der Waals surface area contributed by atoms with Crippen LogP contribution in [0.1, 0.15) is 32.1 Å². The molecule has 2 saturated heterocycles. The van der Waals surface area contributed by atoms with Crippen molar-refractivity contribution in [1.82, 2.24) is 14.5 Å². The summed E-state index contributed by atoms with van der Waals surface area (Å²) in [5.41, 5.74) is 0. The molecule has 3 rings (SSSR count). The van der Waals surface area contributed by atoms with E-state index in [0.717, 1.165) is 38.8 Å². The van der Waals surface area contributed by atoms with Crippen LogP contribution in [0.15, 0.2) is 23.1 Å². The molecule has 2 fully saturated rings. The van der Waals surface area contributed by atoms with E-state index in [-0.39, 0.29) is 33.6 Å². The Labute approximate surface area is 164 Å². The first-order valence-corrected chi connectivity index (χ1v) is 11.1. The van der Waals surface area contributed by atoms with Gasteiger partial charge >= 0.3 is 6.03 Å². The van der Waals surface area contributed by atoms with Gasteiger partial charge in [0, 0.05) is 32.2 Å². The van der Waals surface area contributed by atoms with Crippen LogP contribution in [0.4, 0.5) is 4.79 Å². The van der Waals surface area contributed by atoms with Gasteiger partial charge in [0.2, 0.25) is 10.0 Å². The number of nitrogens with zero attached hydrogens (tertiary/aromatic N) is 2. The summed E-state index contributed by atoms with van der Waals surface area (Å²) < 4.78 is 27.4. The van der Waals surface area contributed by atoms with Crippen LogP contribution in [0.3, 0.4) is 0 Å². The van der Waals surface area contributed by atoms with E-state index in [4.69, 9.17) is 23.2 Å². The second-order valence-electron chi connectivity index (χ2n) is 6.75. The molecular formula is C17H23Cl2N3O3S. The number of hydrogen-bond acceptors (Lipinski definition) is 3. The van der Waals surface area contributed by atoms with Crippen LogP contribution in [0, 0.1) is 0 Å². The molecule has 6 nitrogen and oxygen atoms in total. The van der Waals surface area contributed by atoms with Crippen molar-refractivity contribution in [3.05, 3.63) is 28.2 Å². The van der Waals surface area contributed by atoms with Gasteiger partial charge in [-0.25, -0.2) is 13.2 Å². The lowest BCUT2D eigenvalue weighted by Crippen LogP contribution is -2.53. The summed E-state index contributed by atoms with van der Waals surface area (Å²) in [5.74, 6) is 0. The Bertz CT molecular complexity index is 746. The van der Waals surface area contributed by atoms with Crippen LogP contribution in [-0.4, -0.2) is 55.9 Å². The van der Waals surface area contributed by atoms with Gasteiger partial charge in [0.25, 0.3) is 0 Å². The van der Waals surface area contributed by atoms with Crippen molar-refractivity contribution in [1.29, 1.82) is 0 Å². The molecule has 1 N–H and O–H groups in total. The summed E-state index contributed by atoms with van der Waals surface area (Å²) in [6, 6.07) is 4.32. The highest BCUT2D eigenvalue weighted by atomic mass is 35.5. The highest BCUT2D eigenvalue weighted by molar-refractivity contribution is 7.89. The maximum atomic E-state index is 13.0. The average molecular weight is 420 g/mol. The number of amides is 2. The van der Waals surface area contributed by atoms with Crippen molar-refractivity contribution in [3.8, 4) is 0 Å². The number of hydrogen-bond donors (Lipinski definition) is 1. The Balaban J connectivity index is 1.70. The smallest absolute Gasteiger partial charge is 0.317 e. The molecule has 1 aromatic carbocycles. The lowest BCUT2D eigenvalue weighted by Gasteiger charge is -2.35. The van der Waals surface area contributed by atoms with Gasteiger partial charge in [-0.15, -0.1) is 0 Å². The maximum absolute atomic E-state index is 13.0. The van der Waals surface area contributed by atoms with Gasteiger partial charge in [-0.3, -0.25) is 0 Å². The van der Waals surface area contributed by atoms with E-state index < -0.39 is 10.0 Å². The van der Waals surface area contributed by atoms with Gasteiger partial charge in [-0.1, -0.05) is 29.3 Å². The third kappa shape index (κ3) is 4.27. The Morgan fingerprint density at radius 2 is 1.69 bits per heavy atom. The molecule has 0 radical (unpaired) electrons. The zero-order chi connectivity index (χ0) is 18.7.